The molecule has 0 N–H and O–H groups in total. The summed E-state index contributed by atoms with van der Waals surface area (Å²) in [6.07, 6.45) is 0. The van der Waals surface area contributed by atoms with Crippen molar-refractivity contribution in [2.24, 2.45) is 0 Å². The Morgan fingerprint density at radius 1 is 0.375 bits per heavy atom. The minimum atomic E-state index is 1.12. The molecular weight excluding hydrogens is 581 g/mol. The minimum Gasteiger partial charge on any atom is -0.310 e. The average Bonchev–Trinajstić information content (AvgIpc) is 3.51. The first-order valence-corrected chi connectivity index (χ1v) is 16.4. The molecule has 2 nitrogen and oxygen atoms in total. The lowest BCUT2D eigenvalue weighted by Crippen LogP contribution is -2.11. The molecule has 0 atom stereocenters. The van der Waals surface area contributed by atoms with E-state index in [9.17, 15) is 0 Å². The van der Waals surface area contributed by atoms with E-state index < -0.39 is 0 Å². The lowest BCUT2D eigenvalue weighted by atomic mass is 9.95. The number of nitrogens with zero attached hydrogens (tertiary/aromatic N) is 2. The van der Waals surface area contributed by atoms with Gasteiger partial charge in [-0.3, -0.25) is 0 Å². The summed E-state index contributed by atoms with van der Waals surface area (Å²) in [6.45, 7) is 0. The normalized spacial score (nSPS) is 11.3. The van der Waals surface area contributed by atoms with Crippen LogP contribution >= 0.6 is 0 Å². The largest absolute Gasteiger partial charge is 0.310 e. The Hall–Kier alpha value is -6.38. The molecule has 2 heteroatoms. The standard InChI is InChI=1S/C46H32N2/c1-3-19-37(20-4-1)47(39-30-29-33-15-7-8-16-34(33)32-39)43-26-11-9-23-40(43)35-17-13-18-36(31-35)41-25-14-28-45-46(41)42-24-10-12-27-44(42)48(45)38-21-5-2-6-22-38/h1-32H. The second-order valence-corrected chi connectivity index (χ2v) is 12.2. The first-order chi connectivity index (χ1) is 23.8. The van der Waals surface area contributed by atoms with Gasteiger partial charge in [0.25, 0.3) is 0 Å². The highest BCUT2D eigenvalue weighted by Crippen LogP contribution is 2.43. The van der Waals surface area contributed by atoms with Gasteiger partial charge in [-0.25, -0.2) is 0 Å². The Balaban J connectivity index is 1.23. The van der Waals surface area contributed by atoms with Gasteiger partial charge in [0.1, 0.15) is 0 Å². The van der Waals surface area contributed by atoms with Crippen LogP contribution in [0.3, 0.4) is 0 Å². The van der Waals surface area contributed by atoms with E-state index in [1.165, 1.54) is 60.5 Å². The average molecular weight is 613 g/mol. The van der Waals surface area contributed by atoms with Crippen molar-refractivity contribution in [3.8, 4) is 27.9 Å². The summed E-state index contributed by atoms with van der Waals surface area (Å²) in [6, 6.07) is 69.9. The molecule has 0 amide bonds. The SMILES string of the molecule is c1ccc(N(c2ccc3ccccc3c2)c2ccccc2-c2cccc(-c3cccc4c3c3ccccc3n4-c3ccccc3)c2)cc1. The molecule has 0 bridgehead atoms. The van der Waals surface area contributed by atoms with Gasteiger partial charge in [-0.15, -0.1) is 0 Å². The molecule has 0 aliphatic heterocycles. The summed E-state index contributed by atoms with van der Waals surface area (Å²) in [5.74, 6) is 0. The van der Waals surface area contributed by atoms with Crippen LogP contribution < -0.4 is 4.90 Å². The second-order valence-electron chi connectivity index (χ2n) is 12.2. The van der Waals surface area contributed by atoms with Crippen LogP contribution in [0.1, 0.15) is 0 Å². The number of benzene rings is 8. The Labute approximate surface area is 280 Å². The monoisotopic (exact) mass is 612 g/mol. The van der Waals surface area contributed by atoms with Crippen molar-refractivity contribution in [3.05, 3.63) is 194 Å². The van der Waals surface area contributed by atoms with Crippen molar-refractivity contribution < 1.29 is 0 Å². The zero-order valence-corrected chi connectivity index (χ0v) is 26.4. The van der Waals surface area contributed by atoms with Crippen LogP contribution in [-0.4, -0.2) is 4.57 Å². The van der Waals surface area contributed by atoms with Crippen LogP contribution in [0.5, 0.6) is 0 Å². The fourth-order valence-corrected chi connectivity index (χ4v) is 7.20. The molecule has 0 unspecified atom stereocenters. The molecule has 1 aromatic heterocycles. The molecule has 0 saturated carbocycles. The van der Waals surface area contributed by atoms with Crippen LogP contribution in [0.2, 0.25) is 0 Å². The zero-order valence-electron chi connectivity index (χ0n) is 26.4. The Morgan fingerprint density at radius 3 is 1.85 bits per heavy atom. The fourth-order valence-electron chi connectivity index (χ4n) is 7.20. The summed E-state index contributed by atoms with van der Waals surface area (Å²) in [5, 5.41) is 4.98. The molecule has 0 fully saturated rings. The summed E-state index contributed by atoms with van der Waals surface area (Å²) >= 11 is 0. The van der Waals surface area contributed by atoms with E-state index in [2.05, 4.69) is 204 Å². The zero-order chi connectivity index (χ0) is 31.9. The maximum atomic E-state index is 2.38. The van der Waals surface area contributed by atoms with E-state index in [-0.39, 0.29) is 0 Å². The predicted molar refractivity (Wildman–Crippen MR) is 204 cm³/mol. The third kappa shape index (κ3) is 4.74. The van der Waals surface area contributed by atoms with Gasteiger partial charge in [0.05, 0.1) is 16.7 Å². The van der Waals surface area contributed by atoms with E-state index in [1.807, 2.05) is 0 Å². The van der Waals surface area contributed by atoms with Crippen molar-refractivity contribution in [2.45, 2.75) is 0 Å². The molecule has 48 heavy (non-hydrogen) atoms. The number of para-hydroxylation sites is 4. The lowest BCUT2D eigenvalue weighted by Gasteiger charge is -2.28. The van der Waals surface area contributed by atoms with Crippen molar-refractivity contribution in [1.29, 1.82) is 0 Å². The first kappa shape index (κ1) is 27.9. The molecule has 9 aromatic rings. The van der Waals surface area contributed by atoms with Gasteiger partial charge in [0.2, 0.25) is 0 Å². The minimum absolute atomic E-state index is 1.12. The summed E-state index contributed by atoms with van der Waals surface area (Å²) < 4.78 is 2.38. The summed E-state index contributed by atoms with van der Waals surface area (Å²) in [4.78, 5) is 2.38. The topological polar surface area (TPSA) is 8.17 Å². The highest BCUT2D eigenvalue weighted by molar-refractivity contribution is 6.16. The van der Waals surface area contributed by atoms with Crippen molar-refractivity contribution in [3.63, 3.8) is 0 Å². The van der Waals surface area contributed by atoms with Gasteiger partial charge < -0.3 is 9.47 Å². The van der Waals surface area contributed by atoms with Crippen LogP contribution in [-0.2, 0) is 0 Å². The molecule has 0 spiro atoms. The molecule has 226 valence electrons. The van der Waals surface area contributed by atoms with E-state index >= 15 is 0 Å². The molecular formula is C46H32N2. The van der Waals surface area contributed by atoms with E-state index in [0.717, 1.165) is 17.1 Å². The fraction of sp³-hybridized carbons (Fsp3) is 0. The molecule has 8 aromatic carbocycles. The third-order valence-corrected chi connectivity index (χ3v) is 9.35. The number of aromatic nitrogens is 1. The van der Waals surface area contributed by atoms with Crippen LogP contribution in [0.15, 0.2) is 194 Å². The van der Waals surface area contributed by atoms with Crippen LogP contribution in [0.25, 0.3) is 60.5 Å². The van der Waals surface area contributed by atoms with Gasteiger partial charge in [-0.05, 0) is 88.1 Å². The van der Waals surface area contributed by atoms with Gasteiger partial charge in [-0.1, -0.05) is 133 Å². The summed E-state index contributed by atoms with van der Waals surface area (Å²) in [5.41, 5.74) is 11.7. The molecule has 0 radical (unpaired) electrons. The molecule has 0 saturated heterocycles. The van der Waals surface area contributed by atoms with Gasteiger partial charge in [0, 0.05) is 33.4 Å². The number of rotatable bonds is 6. The van der Waals surface area contributed by atoms with Crippen molar-refractivity contribution in [2.75, 3.05) is 4.90 Å². The smallest absolute Gasteiger partial charge is 0.0547 e. The van der Waals surface area contributed by atoms with Gasteiger partial charge in [0.15, 0.2) is 0 Å². The maximum Gasteiger partial charge on any atom is 0.0547 e. The lowest BCUT2D eigenvalue weighted by molar-refractivity contribution is 1.18. The van der Waals surface area contributed by atoms with E-state index in [4.69, 9.17) is 0 Å². The Morgan fingerprint density at radius 2 is 1.00 bits per heavy atom. The van der Waals surface area contributed by atoms with Crippen LogP contribution in [0, 0.1) is 0 Å². The molecule has 9 rings (SSSR count). The van der Waals surface area contributed by atoms with E-state index in [1.54, 1.807) is 0 Å². The van der Waals surface area contributed by atoms with Crippen molar-refractivity contribution >= 4 is 49.6 Å². The number of hydrogen-bond acceptors (Lipinski definition) is 1. The number of fused-ring (bicyclic) bond motifs is 4. The van der Waals surface area contributed by atoms with Crippen molar-refractivity contribution in [1.82, 2.24) is 4.57 Å². The highest BCUT2D eigenvalue weighted by Gasteiger charge is 2.19. The second kappa shape index (κ2) is 11.8. The van der Waals surface area contributed by atoms with Gasteiger partial charge in [-0.2, -0.15) is 0 Å². The number of anilines is 3. The predicted octanol–water partition coefficient (Wildman–Crippen LogP) is 12.7. The summed E-state index contributed by atoms with van der Waals surface area (Å²) in [7, 11) is 0. The van der Waals surface area contributed by atoms with Gasteiger partial charge >= 0.3 is 0 Å². The molecule has 1 heterocycles. The van der Waals surface area contributed by atoms with E-state index in [0.29, 0.717) is 0 Å². The third-order valence-electron chi connectivity index (χ3n) is 9.35. The Kier molecular flexibility index (Phi) is 6.84. The molecule has 0 aliphatic rings. The highest BCUT2D eigenvalue weighted by atomic mass is 15.1. The Bertz CT molecular complexity index is 2560. The molecule has 0 aliphatic carbocycles. The maximum absolute atomic E-state index is 2.38. The quantitative estimate of drug-likeness (QED) is 0.181. The number of hydrogen-bond donors (Lipinski definition) is 0. The van der Waals surface area contributed by atoms with Crippen LogP contribution in [0.4, 0.5) is 17.1 Å². The first-order valence-electron chi connectivity index (χ1n) is 16.4.